The topological polar surface area (TPSA) is 26.8 Å². The maximum Gasteiger partial charge on any atom is 0.323 e. The highest BCUT2D eigenvalue weighted by molar-refractivity contribution is 5.93. The maximum absolute atomic E-state index is 12.7. The van der Waals surface area contributed by atoms with Gasteiger partial charge in [-0.05, 0) is 68.7 Å². The van der Waals surface area contributed by atoms with Crippen LogP contribution in [0.5, 0.6) is 0 Å². The Bertz CT molecular complexity index is 738. The summed E-state index contributed by atoms with van der Waals surface area (Å²) in [4.78, 5) is 19.3. The average Bonchev–Trinajstić information content (AvgIpc) is 3.18. The Morgan fingerprint density at radius 1 is 0.966 bits per heavy atom. The van der Waals surface area contributed by atoms with Gasteiger partial charge in [0.05, 0.1) is 0 Å². The molecule has 4 nitrogen and oxygen atoms in total. The predicted molar refractivity (Wildman–Crippen MR) is 118 cm³/mol. The maximum atomic E-state index is 12.7. The number of carbonyl (C=O) groups is 1. The van der Waals surface area contributed by atoms with Gasteiger partial charge in [-0.3, -0.25) is 4.90 Å². The molecule has 4 aliphatic rings. The first-order valence-corrected chi connectivity index (χ1v) is 11.9. The van der Waals surface area contributed by atoms with E-state index >= 15 is 0 Å². The van der Waals surface area contributed by atoms with Crippen molar-refractivity contribution in [3.05, 3.63) is 29.8 Å². The zero-order valence-corrected chi connectivity index (χ0v) is 18.3. The highest BCUT2D eigenvalue weighted by atomic mass is 16.2. The van der Waals surface area contributed by atoms with Crippen molar-refractivity contribution >= 4 is 11.7 Å². The third-order valence-electron chi connectivity index (χ3n) is 8.68. The predicted octanol–water partition coefficient (Wildman–Crippen LogP) is 4.88. The zero-order valence-electron chi connectivity index (χ0n) is 18.3. The molecule has 2 atom stereocenters. The lowest BCUT2D eigenvalue weighted by Crippen LogP contribution is -2.52. The molecule has 2 heterocycles. The van der Waals surface area contributed by atoms with Crippen LogP contribution in [0.15, 0.2) is 24.3 Å². The van der Waals surface area contributed by atoms with E-state index in [1.54, 1.807) is 4.90 Å². The van der Waals surface area contributed by atoms with Crippen LogP contribution in [0.4, 0.5) is 10.5 Å². The number of nitrogens with zero attached hydrogens (tertiary/aromatic N) is 3. The minimum atomic E-state index is 0.110. The first-order chi connectivity index (χ1) is 14.1. The quantitative estimate of drug-likeness (QED) is 0.677. The summed E-state index contributed by atoms with van der Waals surface area (Å²) in [6.45, 7) is 3.32. The number of urea groups is 1. The molecule has 1 aromatic rings. The van der Waals surface area contributed by atoms with Crippen LogP contribution in [0, 0.1) is 11.8 Å². The summed E-state index contributed by atoms with van der Waals surface area (Å²) in [5, 5.41) is 0. The Kier molecular flexibility index (Phi) is 5.09. The number of benzene rings is 1. The molecule has 5 rings (SSSR count). The van der Waals surface area contributed by atoms with Crippen molar-refractivity contribution in [2.45, 2.75) is 69.2 Å². The van der Waals surface area contributed by atoms with Crippen LogP contribution < -0.4 is 4.90 Å². The Morgan fingerprint density at radius 2 is 1.59 bits per heavy atom. The molecule has 29 heavy (non-hydrogen) atoms. The molecule has 2 aliphatic carbocycles. The van der Waals surface area contributed by atoms with E-state index in [0.29, 0.717) is 0 Å². The molecule has 0 bridgehead atoms. The van der Waals surface area contributed by atoms with Crippen LogP contribution in [-0.4, -0.2) is 55.6 Å². The molecule has 0 N–H and O–H groups in total. The second-order valence-electron chi connectivity index (χ2n) is 10.3. The van der Waals surface area contributed by atoms with Gasteiger partial charge in [-0.15, -0.1) is 0 Å². The van der Waals surface area contributed by atoms with Crippen molar-refractivity contribution in [3.63, 3.8) is 0 Å². The smallest absolute Gasteiger partial charge is 0.323 e. The number of hydrogen-bond donors (Lipinski definition) is 0. The summed E-state index contributed by atoms with van der Waals surface area (Å²) in [6.07, 6.45) is 12.4. The summed E-state index contributed by atoms with van der Waals surface area (Å²) >= 11 is 0. The molecule has 3 fully saturated rings. The Balaban J connectivity index is 1.31. The molecule has 2 unspecified atom stereocenters. The number of piperidine rings is 1. The number of para-hydroxylation sites is 1. The van der Waals surface area contributed by atoms with E-state index in [1.807, 2.05) is 19.0 Å². The molecular formula is C25H37N3O. The standard InChI is InChI=1S/C25H37N3O/c1-26(2)24(29)28-16-13-25(22-9-5-6-10-23(22)28)11-14-27(15-12-25)21-17-19-7-3-4-8-20(19)18-21/h5-6,9-10,19-21H,3-4,7-8,11-18H2,1-2H3. The van der Waals surface area contributed by atoms with Crippen LogP contribution in [0.3, 0.4) is 0 Å². The highest BCUT2D eigenvalue weighted by Gasteiger charge is 2.45. The summed E-state index contributed by atoms with van der Waals surface area (Å²) in [7, 11) is 3.71. The van der Waals surface area contributed by atoms with E-state index in [4.69, 9.17) is 0 Å². The molecule has 1 spiro atoms. The molecule has 2 amide bonds. The summed E-state index contributed by atoms with van der Waals surface area (Å²) in [5.74, 6) is 2.04. The number of amides is 2. The van der Waals surface area contributed by atoms with Gasteiger partial charge >= 0.3 is 6.03 Å². The molecule has 0 radical (unpaired) electrons. The minimum absolute atomic E-state index is 0.110. The van der Waals surface area contributed by atoms with Gasteiger partial charge in [0.1, 0.15) is 0 Å². The van der Waals surface area contributed by atoms with Crippen molar-refractivity contribution in [3.8, 4) is 0 Å². The van der Waals surface area contributed by atoms with Gasteiger partial charge in [0.25, 0.3) is 0 Å². The van der Waals surface area contributed by atoms with Gasteiger partial charge in [0.15, 0.2) is 0 Å². The molecule has 0 aromatic heterocycles. The number of fused-ring (bicyclic) bond motifs is 3. The Labute approximate surface area is 176 Å². The van der Waals surface area contributed by atoms with E-state index in [-0.39, 0.29) is 11.4 Å². The third-order valence-corrected chi connectivity index (χ3v) is 8.68. The van der Waals surface area contributed by atoms with Crippen LogP contribution >= 0.6 is 0 Å². The summed E-state index contributed by atoms with van der Waals surface area (Å²) in [5.41, 5.74) is 2.83. The third kappa shape index (κ3) is 3.37. The van der Waals surface area contributed by atoms with Gasteiger partial charge in [-0.1, -0.05) is 43.9 Å². The summed E-state index contributed by atoms with van der Waals surface area (Å²) < 4.78 is 0. The van der Waals surface area contributed by atoms with Gasteiger partial charge in [0.2, 0.25) is 0 Å². The van der Waals surface area contributed by atoms with Gasteiger partial charge in [0, 0.05) is 37.8 Å². The van der Waals surface area contributed by atoms with E-state index in [1.165, 1.54) is 70.0 Å². The molecule has 1 saturated heterocycles. The molecule has 1 aromatic carbocycles. The van der Waals surface area contributed by atoms with Gasteiger partial charge in [-0.25, -0.2) is 4.79 Å². The Morgan fingerprint density at radius 3 is 2.24 bits per heavy atom. The van der Waals surface area contributed by atoms with Crippen molar-refractivity contribution in [2.24, 2.45) is 11.8 Å². The first kappa shape index (κ1) is 19.4. The van der Waals surface area contributed by atoms with E-state index in [0.717, 1.165) is 36.5 Å². The lowest BCUT2D eigenvalue weighted by molar-refractivity contribution is 0.107. The average molecular weight is 396 g/mol. The van der Waals surface area contributed by atoms with Crippen molar-refractivity contribution in [1.29, 1.82) is 0 Å². The van der Waals surface area contributed by atoms with Crippen LogP contribution in [-0.2, 0) is 5.41 Å². The number of hydrogen-bond acceptors (Lipinski definition) is 2. The van der Waals surface area contributed by atoms with Crippen LogP contribution in [0.2, 0.25) is 0 Å². The van der Waals surface area contributed by atoms with E-state index < -0.39 is 0 Å². The summed E-state index contributed by atoms with van der Waals surface area (Å²) in [6, 6.07) is 9.65. The Hall–Kier alpha value is -1.55. The largest absolute Gasteiger partial charge is 0.330 e. The lowest BCUT2D eigenvalue weighted by atomic mass is 9.68. The molecule has 2 aliphatic heterocycles. The van der Waals surface area contributed by atoms with E-state index in [9.17, 15) is 4.79 Å². The number of anilines is 1. The molecule has 4 heteroatoms. The molecule has 158 valence electrons. The van der Waals surface area contributed by atoms with Crippen molar-refractivity contribution < 1.29 is 4.79 Å². The second-order valence-corrected chi connectivity index (χ2v) is 10.3. The second kappa shape index (κ2) is 7.61. The molecule has 2 saturated carbocycles. The number of carbonyl (C=O) groups excluding carboxylic acids is 1. The van der Waals surface area contributed by atoms with Gasteiger partial charge < -0.3 is 9.80 Å². The van der Waals surface area contributed by atoms with Crippen molar-refractivity contribution in [2.75, 3.05) is 38.6 Å². The lowest BCUT2D eigenvalue weighted by Gasteiger charge is -2.49. The first-order valence-electron chi connectivity index (χ1n) is 11.9. The minimum Gasteiger partial charge on any atom is -0.330 e. The SMILES string of the molecule is CN(C)C(=O)N1CCC2(CCN(C3CC4CCCCC4C3)CC2)c2ccccc21. The van der Waals surface area contributed by atoms with E-state index in [2.05, 4.69) is 29.2 Å². The number of likely N-dealkylation sites (tertiary alicyclic amines) is 1. The fraction of sp³-hybridized carbons (Fsp3) is 0.720. The monoisotopic (exact) mass is 395 g/mol. The van der Waals surface area contributed by atoms with Gasteiger partial charge in [-0.2, -0.15) is 0 Å². The normalized spacial score (nSPS) is 31.4. The van der Waals surface area contributed by atoms with Crippen LogP contribution in [0.25, 0.3) is 0 Å². The van der Waals surface area contributed by atoms with Crippen molar-refractivity contribution in [1.82, 2.24) is 9.80 Å². The number of rotatable bonds is 1. The highest BCUT2D eigenvalue weighted by Crippen LogP contribution is 2.49. The van der Waals surface area contributed by atoms with Crippen LogP contribution in [0.1, 0.15) is 63.4 Å². The fourth-order valence-corrected chi connectivity index (χ4v) is 7.01. The molecular weight excluding hydrogens is 358 g/mol. The fourth-order valence-electron chi connectivity index (χ4n) is 7.01. The zero-order chi connectivity index (χ0) is 20.0.